The van der Waals surface area contributed by atoms with Gasteiger partial charge in [-0.2, -0.15) is 0 Å². The van der Waals surface area contributed by atoms with E-state index in [1.165, 1.54) is 0 Å². The number of β-amino-alcohol motifs (C(OH)–C–C–N with tert-alkyl or cyclic N) is 1. The van der Waals surface area contributed by atoms with Gasteiger partial charge in [0.2, 0.25) is 11.8 Å². The summed E-state index contributed by atoms with van der Waals surface area (Å²) in [6, 6.07) is 7.11. The van der Waals surface area contributed by atoms with E-state index in [0.29, 0.717) is 18.7 Å². The molecule has 8 heteroatoms. The average molecular weight is 497 g/mol. The van der Waals surface area contributed by atoms with Gasteiger partial charge in [0.25, 0.3) is 5.91 Å². The highest BCUT2D eigenvalue weighted by Crippen LogP contribution is 2.53. The van der Waals surface area contributed by atoms with E-state index >= 15 is 0 Å². The second-order valence-corrected chi connectivity index (χ2v) is 11.7. The summed E-state index contributed by atoms with van der Waals surface area (Å²) < 4.78 is 0. The molecular weight excluding hydrogens is 456 g/mol. The minimum Gasteiger partial charge on any atom is -0.395 e. The zero-order valence-corrected chi connectivity index (χ0v) is 21.7. The van der Waals surface area contributed by atoms with Crippen LogP contribution in [-0.4, -0.2) is 88.4 Å². The van der Waals surface area contributed by atoms with Gasteiger partial charge in [-0.15, -0.1) is 0 Å². The van der Waals surface area contributed by atoms with Crippen molar-refractivity contribution in [1.29, 1.82) is 0 Å². The normalized spacial score (nSPS) is 28.9. The molecule has 1 aromatic carbocycles. The molecule has 196 valence electrons. The van der Waals surface area contributed by atoms with Crippen molar-refractivity contribution < 1.29 is 19.5 Å². The van der Waals surface area contributed by atoms with Crippen molar-refractivity contribution in [3.63, 3.8) is 0 Å². The van der Waals surface area contributed by atoms with Gasteiger partial charge in [0, 0.05) is 55.8 Å². The maximum atomic E-state index is 13.7. The Morgan fingerprint density at radius 3 is 2.22 bits per heavy atom. The van der Waals surface area contributed by atoms with Crippen LogP contribution in [0.3, 0.4) is 0 Å². The number of carbonyl (C=O) groups is 3. The smallest absolute Gasteiger partial charge is 0.255 e. The number of piperazine rings is 1. The predicted molar refractivity (Wildman–Crippen MR) is 136 cm³/mol. The second-order valence-electron chi connectivity index (χ2n) is 11.7. The van der Waals surface area contributed by atoms with Gasteiger partial charge in [0.1, 0.15) is 6.04 Å². The van der Waals surface area contributed by atoms with E-state index in [1.807, 2.05) is 43.0 Å². The fourth-order valence-electron chi connectivity index (χ4n) is 6.99. The standard InChI is InChI=1S/C28H40N4O4/c1-20(2)23(32-19-21-5-3-4-6-22(21)25(32)35)24(34)29-28-10-7-27(8-11-28,9-12-28)26(36)31-15-13-30(14-16-31)17-18-33/h3-6,20,23,33H,7-19H2,1-2H3,(H,29,34)/t23-,27?,28?/m0/s1. The largest absolute Gasteiger partial charge is 0.395 e. The zero-order valence-electron chi connectivity index (χ0n) is 21.7. The highest BCUT2D eigenvalue weighted by molar-refractivity contribution is 6.01. The van der Waals surface area contributed by atoms with Crippen LogP contribution in [0.1, 0.15) is 68.3 Å². The minimum absolute atomic E-state index is 0.00277. The van der Waals surface area contributed by atoms with Crippen LogP contribution in [0.25, 0.3) is 0 Å². The Morgan fingerprint density at radius 1 is 1.00 bits per heavy atom. The van der Waals surface area contributed by atoms with Gasteiger partial charge in [-0.05, 0) is 56.1 Å². The van der Waals surface area contributed by atoms with E-state index in [4.69, 9.17) is 0 Å². The Balaban J connectivity index is 1.22. The molecule has 6 rings (SSSR count). The van der Waals surface area contributed by atoms with Crippen LogP contribution in [-0.2, 0) is 16.1 Å². The van der Waals surface area contributed by atoms with Crippen molar-refractivity contribution in [3.05, 3.63) is 35.4 Å². The van der Waals surface area contributed by atoms with E-state index in [-0.39, 0.29) is 41.2 Å². The van der Waals surface area contributed by atoms with Crippen LogP contribution in [0.2, 0.25) is 0 Å². The maximum absolute atomic E-state index is 13.7. The number of benzene rings is 1. The summed E-state index contributed by atoms with van der Waals surface area (Å²) in [5, 5.41) is 12.6. The number of fused-ring (bicyclic) bond motifs is 4. The van der Waals surface area contributed by atoms with Gasteiger partial charge in [-0.1, -0.05) is 32.0 Å². The quantitative estimate of drug-likeness (QED) is 0.603. The maximum Gasteiger partial charge on any atom is 0.255 e. The van der Waals surface area contributed by atoms with E-state index in [9.17, 15) is 19.5 Å². The van der Waals surface area contributed by atoms with Gasteiger partial charge in [-0.25, -0.2) is 0 Å². The molecule has 36 heavy (non-hydrogen) atoms. The molecule has 2 bridgehead atoms. The number of carbonyl (C=O) groups excluding carboxylic acids is 3. The summed E-state index contributed by atoms with van der Waals surface area (Å²) >= 11 is 0. The Kier molecular flexibility index (Phi) is 6.85. The molecule has 3 aliphatic carbocycles. The van der Waals surface area contributed by atoms with Gasteiger partial charge in [0.05, 0.1) is 6.61 Å². The minimum atomic E-state index is -0.510. The second kappa shape index (κ2) is 9.78. The van der Waals surface area contributed by atoms with Crippen LogP contribution in [0.5, 0.6) is 0 Å². The van der Waals surface area contributed by atoms with Crippen LogP contribution in [0.15, 0.2) is 24.3 Å². The molecule has 0 aromatic heterocycles. The highest BCUT2D eigenvalue weighted by Gasteiger charge is 2.54. The molecule has 3 amide bonds. The molecule has 2 N–H and O–H groups in total. The molecule has 5 aliphatic rings. The lowest BCUT2D eigenvalue weighted by Gasteiger charge is -2.54. The number of hydrogen-bond donors (Lipinski definition) is 2. The number of aliphatic hydroxyl groups excluding tert-OH is 1. The zero-order chi connectivity index (χ0) is 25.5. The Labute approximate surface area is 214 Å². The van der Waals surface area contributed by atoms with Crippen LogP contribution in [0.4, 0.5) is 0 Å². The third-order valence-corrected chi connectivity index (χ3v) is 9.25. The number of aliphatic hydroxyl groups is 1. The molecule has 4 fully saturated rings. The number of hydrogen-bond acceptors (Lipinski definition) is 5. The summed E-state index contributed by atoms with van der Waals surface area (Å²) in [5.74, 6) is 0.156. The molecule has 0 radical (unpaired) electrons. The number of nitrogens with zero attached hydrogens (tertiary/aromatic N) is 3. The number of amides is 3. The van der Waals surface area contributed by atoms with Crippen LogP contribution in [0, 0.1) is 11.3 Å². The van der Waals surface area contributed by atoms with Crippen molar-refractivity contribution >= 4 is 17.7 Å². The summed E-state index contributed by atoms with van der Waals surface area (Å²) in [6.45, 7) is 8.39. The first kappa shape index (κ1) is 25.2. The topological polar surface area (TPSA) is 93.2 Å². The summed E-state index contributed by atoms with van der Waals surface area (Å²) in [4.78, 5) is 46.3. The van der Waals surface area contributed by atoms with Crippen molar-refractivity contribution in [2.45, 2.75) is 70.5 Å². The van der Waals surface area contributed by atoms with Crippen molar-refractivity contribution in [2.75, 3.05) is 39.3 Å². The lowest BCUT2D eigenvalue weighted by Crippen LogP contribution is -2.63. The van der Waals surface area contributed by atoms with Crippen molar-refractivity contribution in [2.24, 2.45) is 11.3 Å². The Morgan fingerprint density at radius 2 is 1.64 bits per heavy atom. The van der Waals surface area contributed by atoms with Crippen LogP contribution >= 0.6 is 0 Å². The van der Waals surface area contributed by atoms with E-state index < -0.39 is 6.04 Å². The molecule has 0 spiro atoms. The molecule has 1 aromatic rings. The van der Waals surface area contributed by atoms with Crippen molar-refractivity contribution in [3.8, 4) is 0 Å². The summed E-state index contributed by atoms with van der Waals surface area (Å²) in [6.07, 6.45) is 4.87. The Hall–Kier alpha value is -2.45. The van der Waals surface area contributed by atoms with Gasteiger partial charge >= 0.3 is 0 Å². The van der Waals surface area contributed by atoms with E-state index in [2.05, 4.69) is 10.2 Å². The van der Waals surface area contributed by atoms with E-state index in [1.54, 1.807) is 4.90 Å². The third kappa shape index (κ3) is 4.43. The van der Waals surface area contributed by atoms with Crippen molar-refractivity contribution in [1.82, 2.24) is 20.0 Å². The summed E-state index contributed by atoms with van der Waals surface area (Å²) in [5.41, 5.74) is 1.11. The van der Waals surface area contributed by atoms with Gasteiger partial charge in [-0.3, -0.25) is 19.3 Å². The van der Waals surface area contributed by atoms with Crippen LogP contribution < -0.4 is 5.32 Å². The fraction of sp³-hybridized carbons (Fsp3) is 0.679. The first-order chi connectivity index (χ1) is 17.3. The Bertz CT molecular complexity index is 992. The molecule has 2 aliphatic heterocycles. The molecule has 1 atom stereocenters. The third-order valence-electron chi connectivity index (χ3n) is 9.25. The first-order valence-corrected chi connectivity index (χ1v) is 13.6. The van der Waals surface area contributed by atoms with Gasteiger partial charge in [0.15, 0.2) is 0 Å². The first-order valence-electron chi connectivity index (χ1n) is 13.6. The summed E-state index contributed by atoms with van der Waals surface area (Å²) in [7, 11) is 0. The molecule has 3 saturated carbocycles. The lowest BCUT2D eigenvalue weighted by molar-refractivity contribution is -0.152. The monoisotopic (exact) mass is 496 g/mol. The molecule has 8 nitrogen and oxygen atoms in total. The lowest BCUT2D eigenvalue weighted by atomic mass is 9.56. The predicted octanol–water partition coefficient (Wildman–Crippen LogP) is 2.01. The van der Waals surface area contributed by atoms with E-state index in [0.717, 1.165) is 70.3 Å². The SMILES string of the molecule is CC(C)[C@@H](C(=O)NC12CCC(C(=O)N3CCN(CCO)CC3)(CC1)CC2)N1Cc2ccccc2C1=O. The molecule has 0 unspecified atom stereocenters. The molecule has 1 saturated heterocycles. The number of rotatable bonds is 7. The number of nitrogens with one attached hydrogen (secondary N) is 1. The highest BCUT2D eigenvalue weighted by atomic mass is 16.3. The molecular formula is C28H40N4O4. The van der Waals surface area contributed by atoms with Gasteiger partial charge < -0.3 is 20.2 Å². The fourth-order valence-corrected chi connectivity index (χ4v) is 6.99. The average Bonchev–Trinajstić information content (AvgIpc) is 3.21. The molecule has 2 heterocycles.